The largest absolute Gasteiger partial charge is 0.310 e. The summed E-state index contributed by atoms with van der Waals surface area (Å²) in [7, 11) is 0. The average Bonchev–Trinajstić information content (AvgIpc) is 3.10. The summed E-state index contributed by atoms with van der Waals surface area (Å²) in [5.74, 6) is 0. The maximum absolute atomic E-state index is 4.49. The maximum Gasteiger partial charge on any atom is 0.0539 e. The van der Waals surface area contributed by atoms with Crippen molar-refractivity contribution in [1.82, 2.24) is 0 Å². The van der Waals surface area contributed by atoms with Crippen LogP contribution in [0.1, 0.15) is 5.56 Å². The third kappa shape index (κ3) is 6.24. The molecule has 0 aliphatic rings. The lowest BCUT2D eigenvalue weighted by atomic mass is 10.0. The molecule has 2 heteroatoms. The van der Waals surface area contributed by atoms with Gasteiger partial charge in [-0.05, 0) is 81.6 Å². The number of rotatable bonds is 10. The number of anilines is 5. The van der Waals surface area contributed by atoms with Crippen LogP contribution in [0.15, 0.2) is 189 Å². The second-order valence-electron chi connectivity index (χ2n) is 11.0. The quantitative estimate of drug-likeness (QED) is 0.146. The Kier molecular flexibility index (Phi) is 8.90. The first kappa shape index (κ1) is 29.9. The minimum atomic E-state index is 0.842. The van der Waals surface area contributed by atoms with Crippen molar-refractivity contribution in [3.8, 4) is 0 Å². The van der Waals surface area contributed by atoms with Gasteiger partial charge in [0.25, 0.3) is 0 Å². The van der Waals surface area contributed by atoms with Crippen molar-refractivity contribution in [3.05, 3.63) is 205 Å². The fraction of sp³-hybridized carbons (Fsp3) is 0. The molecule has 46 heavy (non-hydrogen) atoms. The number of fused-ring (bicyclic) bond motifs is 1. The van der Waals surface area contributed by atoms with Crippen LogP contribution in [0.25, 0.3) is 29.0 Å². The Morgan fingerprint density at radius 2 is 1.13 bits per heavy atom. The summed E-state index contributed by atoms with van der Waals surface area (Å²) in [5, 5.41) is 4.33. The smallest absolute Gasteiger partial charge is 0.0539 e. The molecule has 0 amide bonds. The van der Waals surface area contributed by atoms with E-state index in [-0.39, 0.29) is 0 Å². The van der Waals surface area contributed by atoms with Gasteiger partial charge in [0.05, 0.1) is 11.4 Å². The molecule has 6 rings (SSSR count). The van der Waals surface area contributed by atoms with Gasteiger partial charge >= 0.3 is 0 Å². The molecule has 0 aromatic heterocycles. The van der Waals surface area contributed by atoms with Crippen LogP contribution in [-0.2, 0) is 0 Å². The molecule has 0 fully saturated rings. The van der Waals surface area contributed by atoms with Gasteiger partial charge in [-0.2, -0.15) is 0 Å². The summed E-state index contributed by atoms with van der Waals surface area (Å²) in [6.07, 6.45) is 7.86. The highest BCUT2D eigenvalue weighted by molar-refractivity contribution is 5.97. The molecular formula is C44H36N2. The van der Waals surface area contributed by atoms with Crippen LogP contribution in [-0.4, -0.2) is 0 Å². The van der Waals surface area contributed by atoms with Gasteiger partial charge in [-0.15, -0.1) is 0 Å². The molecule has 0 radical (unpaired) electrons. The molecule has 0 atom stereocenters. The van der Waals surface area contributed by atoms with E-state index in [0.29, 0.717) is 0 Å². The minimum absolute atomic E-state index is 0.842. The summed E-state index contributed by atoms with van der Waals surface area (Å²) >= 11 is 0. The van der Waals surface area contributed by atoms with Gasteiger partial charge in [0.15, 0.2) is 0 Å². The molecule has 0 heterocycles. The molecule has 0 spiro atoms. The molecule has 0 saturated heterocycles. The van der Waals surface area contributed by atoms with Crippen molar-refractivity contribution in [2.45, 2.75) is 0 Å². The Morgan fingerprint density at radius 3 is 1.85 bits per heavy atom. The molecular weight excluding hydrogens is 556 g/mol. The summed E-state index contributed by atoms with van der Waals surface area (Å²) in [6, 6.07) is 50.2. The van der Waals surface area contributed by atoms with Crippen molar-refractivity contribution < 1.29 is 0 Å². The zero-order chi connectivity index (χ0) is 31.9. The van der Waals surface area contributed by atoms with Crippen LogP contribution >= 0.6 is 0 Å². The molecule has 0 bridgehead atoms. The monoisotopic (exact) mass is 592 g/mol. The van der Waals surface area contributed by atoms with Gasteiger partial charge in [-0.3, -0.25) is 0 Å². The van der Waals surface area contributed by atoms with E-state index in [1.54, 1.807) is 6.08 Å². The Morgan fingerprint density at radius 1 is 0.543 bits per heavy atom. The van der Waals surface area contributed by atoms with Crippen LogP contribution < -0.4 is 20.2 Å². The highest BCUT2D eigenvalue weighted by Gasteiger charge is 2.15. The van der Waals surface area contributed by atoms with Gasteiger partial charge < -0.3 is 9.80 Å². The second-order valence-corrected chi connectivity index (χ2v) is 11.0. The minimum Gasteiger partial charge on any atom is -0.310 e. The number of allylic oxidation sites excluding steroid dienone is 4. The van der Waals surface area contributed by atoms with Gasteiger partial charge in [-0.1, -0.05) is 142 Å². The number of benzene rings is 6. The van der Waals surface area contributed by atoms with Crippen molar-refractivity contribution >= 4 is 57.4 Å². The molecule has 0 aliphatic heterocycles. The fourth-order valence-electron chi connectivity index (χ4n) is 5.72. The average molecular weight is 593 g/mol. The summed E-state index contributed by atoms with van der Waals surface area (Å²) in [6.45, 7) is 17.2. The van der Waals surface area contributed by atoms with Crippen LogP contribution in [0, 0.1) is 0 Å². The van der Waals surface area contributed by atoms with E-state index in [9.17, 15) is 0 Å². The fourth-order valence-corrected chi connectivity index (χ4v) is 5.72. The highest BCUT2D eigenvalue weighted by Crippen LogP contribution is 2.36. The standard InChI is InChI=1S/C44H36N2/c1-5-16-37-18-14-25-43(35(37)4)46(40-22-10-7-11-23-40)41-31-29-36(30-32-41)33(2)27-28-34(3)45(39-20-8-6-9-21-39)44-26-15-19-38-17-12-13-24-42(38)44/h5-32H,1-4H2/b28-27-,37-16-. The van der Waals surface area contributed by atoms with Crippen molar-refractivity contribution in [2.75, 3.05) is 9.80 Å². The van der Waals surface area contributed by atoms with Crippen LogP contribution in [0.5, 0.6) is 0 Å². The zero-order valence-electron chi connectivity index (χ0n) is 25.9. The van der Waals surface area contributed by atoms with Crippen molar-refractivity contribution in [2.24, 2.45) is 0 Å². The Hall–Kier alpha value is -6.12. The predicted molar refractivity (Wildman–Crippen MR) is 200 cm³/mol. The van der Waals surface area contributed by atoms with Crippen LogP contribution in [0.2, 0.25) is 0 Å². The summed E-state index contributed by atoms with van der Waals surface area (Å²) in [4.78, 5) is 4.43. The van der Waals surface area contributed by atoms with Crippen molar-refractivity contribution in [3.63, 3.8) is 0 Å². The Bertz CT molecular complexity index is 2150. The van der Waals surface area contributed by atoms with Crippen LogP contribution in [0.3, 0.4) is 0 Å². The Balaban J connectivity index is 1.31. The molecule has 222 valence electrons. The number of hydrogen-bond donors (Lipinski definition) is 0. The first-order chi connectivity index (χ1) is 22.5. The van der Waals surface area contributed by atoms with E-state index in [2.05, 4.69) is 170 Å². The number of nitrogens with zero attached hydrogens (tertiary/aromatic N) is 2. The lowest BCUT2D eigenvalue weighted by Gasteiger charge is -2.27. The molecule has 2 nitrogen and oxygen atoms in total. The molecule has 6 aromatic rings. The van der Waals surface area contributed by atoms with E-state index >= 15 is 0 Å². The van der Waals surface area contributed by atoms with E-state index in [1.165, 1.54) is 10.8 Å². The van der Waals surface area contributed by atoms with Gasteiger partial charge in [-0.25, -0.2) is 0 Å². The molecule has 6 aromatic carbocycles. The predicted octanol–water partition coefficient (Wildman–Crippen LogP) is 10.6. The topological polar surface area (TPSA) is 6.48 Å². The van der Waals surface area contributed by atoms with Crippen molar-refractivity contribution in [1.29, 1.82) is 0 Å². The molecule has 0 N–H and O–H groups in total. The number of para-hydroxylation sites is 2. The lowest BCUT2D eigenvalue weighted by Crippen LogP contribution is -2.29. The zero-order valence-corrected chi connectivity index (χ0v) is 25.9. The van der Waals surface area contributed by atoms with E-state index in [4.69, 9.17) is 0 Å². The molecule has 0 unspecified atom stereocenters. The maximum atomic E-state index is 4.49. The normalized spacial score (nSPS) is 11.4. The number of hydrogen-bond acceptors (Lipinski definition) is 2. The highest BCUT2D eigenvalue weighted by atomic mass is 15.1. The van der Waals surface area contributed by atoms with Gasteiger partial charge in [0.1, 0.15) is 0 Å². The van der Waals surface area contributed by atoms with E-state index in [0.717, 1.165) is 55.7 Å². The van der Waals surface area contributed by atoms with Gasteiger partial charge in [0.2, 0.25) is 0 Å². The van der Waals surface area contributed by atoms with E-state index in [1.807, 2.05) is 30.4 Å². The third-order valence-corrected chi connectivity index (χ3v) is 8.02. The Labute approximate surface area is 271 Å². The van der Waals surface area contributed by atoms with Crippen LogP contribution in [0.4, 0.5) is 28.4 Å². The summed E-state index contributed by atoms with van der Waals surface area (Å²) < 4.78 is 0. The SMILES string of the molecule is C=C/C=c1/cccc(N(c2ccccc2)c2ccc(C(=C)/C=C\C(=C)N(c3ccccc3)c3cccc4ccccc34)cc2)c1=C. The first-order valence-electron chi connectivity index (χ1n) is 15.3. The second kappa shape index (κ2) is 13.7. The molecule has 0 saturated carbocycles. The van der Waals surface area contributed by atoms with Gasteiger partial charge in [0, 0.05) is 28.1 Å². The first-order valence-corrected chi connectivity index (χ1v) is 15.3. The van der Waals surface area contributed by atoms with E-state index < -0.39 is 0 Å². The third-order valence-electron chi connectivity index (χ3n) is 8.02. The lowest BCUT2D eigenvalue weighted by molar-refractivity contribution is 1.23. The molecule has 0 aliphatic carbocycles. The summed E-state index contributed by atoms with van der Waals surface area (Å²) in [5.41, 5.74) is 7.99.